The fraction of sp³-hybridized carbons (Fsp3) is 0.0455. The Kier molecular flexibility index (Phi) is 3.69. The standard InChI is InChI=1S/C22H15N3O3/c26-22(27)21(15-6-2-1-3-7-15)28-24-19-17-10-5-13-25(17)16-9-4-8-14-11-12-23-20(19)18(14)16/h1-13,21H,(H,26,27)/b24-19-. The lowest BCUT2D eigenvalue weighted by Gasteiger charge is -2.12. The quantitative estimate of drug-likeness (QED) is 0.490. The summed E-state index contributed by atoms with van der Waals surface area (Å²) in [4.78, 5) is 21.8. The van der Waals surface area contributed by atoms with Crippen LogP contribution in [0.25, 0.3) is 27.3 Å². The molecular formula is C22H15N3O3. The minimum atomic E-state index is -1.20. The van der Waals surface area contributed by atoms with Crippen LogP contribution in [0.5, 0.6) is 0 Å². The molecule has 0 aliphatic rings. The summed E-state index contributed by atoms with van der Waals surface area (Å²) in [6, 6.07) is 20.6. The van der Waals surface area contributed by atoms with Crippen molar-refractivity contribution in [3.05, 3.63) is 90.0 Å². The molecule has 6 heteroatoms. The maximum absolute atomic E-state index is 11.7. The molecule has 6 nitrogen and oxygen atoms in total. The molecule has 0 radical (unpaired) electrons. The highest BCUT2D eigenvalue weighted by atomic mass is 16.6. The second-order valence-electron chi connectivity index (χ2n) is 6.47. The van der Waals surface area contributed by atoms with Gasteiger partial charge in [0.2, 0.25) is 6.10 Å². The van der Waals surface area contributed by atoms with Crippen LogP contribution in [-0.2, 0) is 9.63 Å². The van der Waals surface area contributed by atoms with E-state index in [0.29, 0.717) is 16.4 Å². The third kappa shape index (κ3) is 2.46. The van der Waals surface area contributed by atoms with Crippen LogP contribution in [0.15, 0.2) is 84.3 Å². The van der Waals surface area contributed by atoms with Crippen molar-refractivity contribution < 1.29 is 14.7 Å². The number of nitrogens with zero attached hydrogens (tertiary/aromatic N) is 3. The first kappa shape index (κ1) is 16.3. The maximum Gasteiger partial charge on any atom is 0.352 e. The zero-order valence-corrected chi connectivity index (χ0v) is 14.7. The first-order valence-corrected chi connectivity index (χ1v) is 8.82. The molecule has 0 amide bonds. The van der Waals surface area contributed by atoms with Gasteiger partial charge in [0.05, 0.1) is 11.0 Å². The number of carboxylic acids is 1. The Morgan fingerprint density at radius 1 is 1.00 bits per heavy atom. The Labute approximate surface area is 159 Å². The highest BCUT2D eigenvalue weighted by Gasteiger charge is 2.22. The Balaban J connectivity index is 1.77. The smallest absolute Gasteiger partial charge is 0.352 e. The minimum Gasteiger partial charge on any atom is -0.478 e. The van der Waals surface area contributed by atoms with Crippen molar-refractivity contribution in [2.75, 3.05) is 0 Å². The molecule has 0 aliphatic carbocycles. The largest absolute Gasteiger partial charge is 0.478 e. The Morgan fingerprint density at radius 3 is 2.64 bits per heavy atom. The number of pyridine rings is 2. The van der Waals surface area contributed by atoms with E-state index in [1.54, 1.807) is 30.5 Å². The van der Waals surface area contributed by atoms with Crippen LogP contribution >= 0.6 is 0 Å². The lowest BCUT2D eigenvalue weighted by molar-refractivity contribution is -0.151. The molecule has 3 aromatic heterocycles. The van der Waals surface area contributed by atoms with Gasteiger partial charge in [-0.25, -0.2) is 4.79 Å². The molecule has 28 heavy (non-hydrogen) atoms. The van der Waals surface area contributed by atoms with Gasteiger partial charge in [-0.3, -0.25) is 4.98 Å². The van der Waals surface area contributed by atoms with E-state index < -0.39 is 12.1 Å². The second-order valence-corrected chi connectivity index (χ2v) is 6.47. The van der Waals surface area contributed by atoms with Gasteiger partial charge in [0, 0.05) is 23.3 Å². The second kappa shape index (κ2) is 6.35. The van der Waals surface area contributed by atoms with E-state index in [2.05, 4.69) is 10.1 Å². The number of fused-ring (bicyclic) bond motifs is 2. The van der Waals surface area contributed by atoms with E-state index in [9.17, 15) is 9.90 Å². The predicted octanol–water partition coefficient (Wildman–Crippen LogP) is 3.74. The average molecular weight is 369 g/mol. The van der Waals surface area contributed by atoms with E-state index in [1.807, 2.05) is 53.1 Å². The number of rotatable bonds is 4. The van der Waals surface area contributed by atoms with Crippen molar-refractivity contribution in [3.8, 4) is 0 Å². The summed E-state index contributed by atoms with van der Waals surface area (Å²) in [7, 11) is 0. The van der Waals surface area contributed by atoms with Gasteiger partial charge in [0.25, 0.3) is 0 Å². The molecule has 0 fully saturated rings. The van der Waals surface area contributed by atoms with Crippen LogP contribution in [0.4, 0.5) is 0 Å². The van der Waals surface area contributed by atoms with Crippen LogP contribution in [0.2, 0.25) is 0 Å². The molecule has 1 atom stereocenters. The van der Waals surface area contributed by atoms with Gasteiger partial charge in [-0.2, -0.15) is 0 Å². The van der Waals surface area contributed by atoms with Gasteiger partial charge in [0.15, 0.2) is 5.36 Å². The molecule has 5 rings (SSSR count). The van der Waals surface area contributed by atoms with E-state index >= 15 is 0 Å². The highest BCUT2D eigenvalue weighted by molar-refractivity contribution is 6.08. The van der Waals surface area contributed by atoms with Gasteiger partial charge in [-0.15, -0.1) is 0 Å². The number of aliphatic carboxylic acids is 1. The summed E-state index contributed by atoms with van der Waals surface area (Å²) >= 11 is 0. The summed E-state index contributed by atoms with van der Waals surface area (Å²) in [5.74, 6) is -1.10. The number of aromatic nitrogens is 2. The summed E-state index contributed by atoms with van der Waals surface area (Å²) in [6.07, 6.45) is 2.47. The van der Waals surface area contributed by atoms with Crippen LogP contribution in [0, 0.1) is 0 Å². The van der Waals surface area contributed by atoms with E-state index in [-0.39, 0.29) is 0 Å². The van der Waals surface area contributed by atoms with Crippen molar-refractivity contribution in [2.45, 2.75) is 6.10 Å². The van der Waals surface area contributed by atoms with Crippen molar-refractivity contribution in [2.24, 2.45) is 5.16 Å². The van der Waals surface area contributed by atoms with E-state index in [0.717, 1.165) is 21.8 Å². The van der Waals surface area contributed by atoms with Crippen LogP contribution < -0.4 is 5.36 Å². The van der Waals surface area contributed by atoms with Crippen molar-refractivity contribution >= 4 is 33.3 Å². The monoisotopic (exact) mass is 369 g/mol. The van der Waals surface area contributed by atoms with Gasteiger partial charge >= 0.3 is 5.97 Å². The zero-order chi connectivity index (χ0) is 19.1. The van der Waals surface area contributed by atoms with E-state index in [4.69, 9.17) is 4.84 Å². The van der Waals surface area contributed by atoms with Gasteiger partial charge in [0.1, 0.15) is 5.52 Å². The van der Waals surface area contributed by atoms with Crippen LogP contribution in [0.3, 0.4) is 0 Å². The molecule has 1 unspecified atom stereocenters. The molecule has 3 heterocycles. The summed E-state index contributed by atoms with van der Waals surface area (Å²) in [5.41, 5.74) is 3.02. The highest BCUT2D eigenvalue weighted by Crippen LogP contribution is 2.25. The topological polar surface area (TPSA) is 76.2 Å². The number of carboxylic acid groups (broad SMARTS) is 1. The molecule has 1 N–H and O–H groups in total. The van der Waals surface area contributed by atoms with Crippen LogP contribution in [0.1, 0.15) is 11.7 Å². The summed E-state index contributed by atoms with van der Waals surface area (Å²) in [5, 5.41) is 16.4. The van der Waals surface area contributed by atoms with Crippen molar-refractivity contribution in [1.82, 2.24) is 9.38 Å². The third-order valence-electron chi connectivity index (χ3n) is 4.82. The molecule has 2 aromatic carbocycles. The van der Waals surface area contributed by atoms with Gasteiger partial charge in [-0.05, 0) is 29.7 Å². The molecule has 0 spiro atoms. The Hall–Kier alpha value is -3.93. The number of benzene rings is 2. The lowest BCUT2D eigenvalue weighted by atomic mass is 10.1. The van der Waals surface area contributed by atoms with Crippen molar-refractivity contribution in [3.63, 3.8) is 0 Å². The first-order chi connectivity index (χ1) is 13.7. The number of carbonyl (C=O) groups is 1. The van der Waals surface area contributed by atoms with Gasteiger partial charge in [-0.1, -0.05) is 47.6 Å². The Bertz CT molecular complexity index is 1370. The molecule has 0 aliphatic heterocycles. The SMILES string of the molecule is O=C(O)C(O/N=c1\c2nccc3cccc(c32)n2cccc12)c1ccccc1. The zero-order valence-electron chi connectivity index (χ0n) is 14.7. The fourth-order valence-electron chi connectivity index (χ4n) is 3.57. The maximum atomic E-state index is 11.7. The molecule has 0 saturated heterocycles. The van der Waals surface area contributed by atoms with Crippen LogP contribution in [-0.4, -0.2) is 20.5 Å². The third-order valence-corrected chi connectivity index (χ3v) is 4.82. The molecular weight excluding hydrogens is 354 g/mol. The fourth-order valence-corrected chi connectivity index (χ4v) is 3.57. The molecule has 0 bridgehead atoms. The number of hydrogen-bond donors (Lipinski definition) is 1. The van der Waals surface area contributed by atoms with E-state index in [1.165, 1.54) is 0 Å². The summed E-state index contributed by atoms with van der Waals surface area (Å²) < 4.78 is 2.01. The van der Waals surface area contributed by atoms with Gasteiger partial charge < -0.3 is 14.3 Å². The summed E-state index contributed by atoms with van der Waals surface area (Å²) in [6.45, 7) is 0. The molecule has 5 aromatic rings. The van der Waals surface area contributed by atoms with Crippen molar-refractivity contribution in [1.29, 1.82) is 0 Å². The molecule has 136 valence electrons. The Morgan fingerprint density at radius 2 is 1.82 bits per heavy atom. The normalized spacial score (nSPS) is 13.4. The predicted molar refractivity (Wildman–Crippen MR) is 105 cm³/mol. The minimum absolute atomic E-state index is 0.511. The molecule has 0 saturated carbocycles. The first-order valence-electron chi connectivity index (χ1n) is 8.82. The average Bonchev–Trinajstić information content (AvgIpc) is 3.21. The lowest BCUT2D eigenvalue weighted by Crippen LogP contribution is -2.17. The number of hydrogen-bond acceptors (Lipinski definition) is 4.